The Morgan fingerprint density at radius 3 is 2.46 bits per heavy atom. The predicted octanol–water partition coefficient (Wildman–Crippen LogP) is 6.12. The molecule has 188 valence electrons. The van der Waals surface area contributed by atoms with E-state index in [2.05, 4.69) is 37.2 Å². The van der Waals surface area contributed by atoms with E-state index in [0.717, 1.165) is 4.90 Å². The van der Waals surface area contributed by atoms with E-state index in [9.17, 15) is 19.2 Å². The van der Waals surface area contributed by atoms with Crippen LogP contribution >= 0.6 is 43.5 Å². The van der Waals surface area contributed by atoms with Crippen molar-refractivity contribution < 1.29 is 29.0 Å². The molecule has 0 atom stereocenters. The zero-order valence-corrected chi connectivity index (χ0v) is 23.0. The van der Waals surface area contributed by atoms with Crippen LogP contribution in [-0.4, -0.2) is 28.9 Å². The van der Waals surface area contributed by atoms with Crippen molar-refractivity contribution in [2.75, 3.05) is 4.90 Å². The summed E-state index contributed by atoms with van der Waals surface area (Å²) < 4.78 is 7.17. The van der Waals surface area contributed by atoms with Crippen molar-refractivity contribution in [3.63, 3.8) is 0 Å². The van der Waals surface area contributed by atoms with E-state index in [1.54, 1.807) is 43.3 Å². The number of carbonyl (C=O) groups is 4. The number of nitrogens with zero attached hydrogens (tertiary/aromatic N) is 1. The quantitative estimate of drug-likeness (QED) is 0.246. The van der Waals surface area contributed by atoms with Crippen LogP contribution in [0.4, 0.5) is 10.5 Å². The van der Waals surface area contributed by atoms with Gasteiger partial charge in [-0.05, 0) is 76.5 Å². The number of imide groups is 2. The highest BCUT2D eigenvalue weighted by Gasteiger charge is 2.37. The third kappa shape index (κ3) is 5.76. The first-order valence-electron chi connectivity index (χ1n) is 10.7. The number of anilines is 1. The molecule has 2 N–H and O–H groups in total. The fourth-order valence-electron chi connectivity index (χ4n) is 3.59. The first kappa shape index (κ1) is 26.6. The Kier molecular flexibility index (Phi) is 7.82. The second-order valence-corrected chi connectivity index (χ2v) is 10.2. The number of benzene rings is 3. The van der Waals surface area contributed by atoms with Gasteiger partial charge in [-0.2, -0.15) is 0 Å². The minimum atomic E-state index is -1.03. The molecule has 1 saturated heterocycles. The molecule has 4 amide bonds. The lowest BCUT2D eigenvalue weighted by atomic mass is 10.0. The number of nitrogens with one attached hydrogen (secondary N) is 1. The number of aromatic carboxylic acids is 1. The van der Waals surface area contributed by atoms with Crippen molar-refractivity contribution in [3.8, 4) is 5.75 Å². The van der Waals surface area contributed by atoms with Crippen molar-refractivity contribution >= 4 is 79.0 Å². The number of carboxylic acid groups (broad SMARTS) is 1. The third-order valence-electron chi connectivity index (χ3n) is 5.43. The van der Waals surface area contributed by atoms with Crippen molar-refractivity contribution in [1.82, 2.24) is 5.32 Å². The van der Waals surface area contributed by atoms with E-state index in [0.29, 0.717) is 36.4 Å². The Balaban J connectivity index is 1.70. The van der Waals surface area contributed by atoms with E-state index in [1.807, 2.05) is 0 Å². The maximum atomic E-state index is 13.4. The number of ether oxygens (including phenoxy) is 1. The summed E-state index contributed by atoms with van der Waals surface area (Å²) in [5.74, 6) is -2.36. The number of carbonyl (C=O) groups excluding carboxylic acids is 3. The largest absolute Gasteiger partial charge is 0.487 e. The number of carboxylic acids is 1. The fraction of sp³-hybridized carbons (Fsp3) is 0.0769. The number of amides is 4. The highest BCUT2D eigenvalue weighted by Crippen LogP contribution is 2.36. The van der Waals surface area contributed by atoms with Crippen LogP contribution in [0.15, 0.2) is 69.1 Å². The Morgan fingerprint density at radius 1 is 1.08 bits per heavy atom. The number of barbiturate groups is 1. The van der Waals surface area contributed by atoms with Gasteiger partial charge >= 0.3 is 12.0 Å². The lowest BCUT2D eigenvalue weighted by Crippen LogP contribution is -2.54. The predicted molar refractivity (Wildman–Crippen MR) is 145 cm³/mol. The zero-order chi connectivity index (χ0) is 26.9. The Morgan fingerprint density at radius 2 is 1.78 bits per heavy atom. The standard InChI is InChI=1S/C26H17Br2ClN2O6/c1-13-2-7-18(29)11-21(13)31-24(33)19(23(32)30-26(31)36)9-16-8-17(27)10-20(28)22(16)37-12-14-3-5-15(6-4-14)25(34)35/h2-11H,12H2,1H3,(H,34,35)(H,30,32,36)/b19-9+. The molecule has 0 saturated carbocycles. The molecule has 4 rings (SSSR count). The van der Waals surface area contributed by atoms with Gasteiger partial charge in [0.2, 0.25) is 0 Å². The number of halogens is 3. The van der Waals surface area contributed by atoms with Crippen molar-refractivity contribution in [1.29, 1.82) is 0 Å². The second kappa shape index (κ2) is 10.9. The first-order chi connectivity index (χ1) is 17.5. The molecule has 1 heterocycles. The Bertz CT molecular complexity index is 1490. The molecular weight excluding hydrogens is 632 g/mol. The van der Waals surface area contributed by atoms with E-state index in [1.165, 1.54) is 24.3 Å². The minimum absolute atomic E-state index is 0.0861. The van der Waals surface area contributed by atoms with Gasteiger partial charge in [0.1, 0.15) is 17.9 Å². The molecule has 0 aliphatic carbocycles. The van der Waals surface area contributed by atoms with Crippen LogP contribution in [0.3, 0.4) is 0 Å². The number of rotatable bonds is 6. The molecule has 37 heavy (non-hydrogen) atoms. The Labute approximate surface area is 233 Å². The Hall–Kier alpha value is -3.47. The monoisotopic (exact) mass is 646 g/mol. The SMILES string of the molecule is Cc1ccc(Cl)cc1N1C(=O)NC(=O)/C(=C\c2cc(Br)cc(Br)c2OCc2ccc(C(=O)O)cc2)C1=O. The minimum Gasteiger partial charge on any atom is -0.487 e. The van der Waals surface area contributed by atoms with Gasteiger partial charge in [0.05, 0.1) is 15.7 Å². The number of hydrogen-bond acceptors (Lipinski definition) is 5. The summed E-state index contributed by atoms with van der Waals surface area (Å²) in [6.07, 6.45) is 1.34. The topological polar surface area (TPSA) is 113 Å². The van der Waals surface area contributed by atoms with Crippen LogP contribution in [0.2, 0.25) is 5.02 Å². The van der Waals surface area contributed by atoms with Crippen LogP contribution in [0, 0.1) is 6.92 Å². The molecule has 1 aliphatic rings. The van der Waals surface area contributed by atoms with Crippen molar-refractivity contribution in [2.24, 2.45) is 0 Å². The summed E-state index contributed by atoms with van der Waals surface area (Å²) in [7, 11) is 0. The zero-order valence-electron chi connectivity index (χ0n) is 19.1. The van der Waals surface area contributed by atoms with Gasteiger partial charge in [-0.1, -0.05) is 45.7 Å². The van der Waals surface area contributed by atoms with E-state index in [4.69, 9.17) is 21.4 Å². The van der Waals surface area contributed by atoms with Crippen LogP contribution in [0.5, 0.6) is 5.75 Å². The van der Waals surface area contributed by atoms with Gasteiger partial charge in [-0.15, -0.1) is 0 Å². The summed E-state index contributed by atoms with van der Waals surface area (Å²) in [4.78, 5) is 50.6. The molecular formula is C26H17Br2ClN2O6. The molecule has 11 heteroatoms. The van der Waals surface area contributed by atoms with Gasteiger partial charge in [-0.3, -0.25) is 14.9 Å². The molecule has 0 unspecified atom stereocenters. The average Bonchev–Trinajstić information content (AvgIpc) is 2.83. The number of urea groups is 1. The van der Waals surface area contributed by atoms with Gasteiger partial charge in [-0.25, -0.2) is 14.5 Å². The van der Waals surface area contributed by atoms with Gasteiger partial charge in [0.25, 0.3) is 11.8 Å². The van der Waals surface area contributed by atoms with E-state index in [-0.39, 0.29) is 23.4 Å². The first-order valence-corrected chi connectivity index (χ1v) is 12.6. The van der Waals surface area contributed by atoms with Crippen LogP contribution < -0.4 is 15.0 Å². The van der Waals surface area contributed by atoms with E-state index >= 15 is 0 Å². The summed E-state index contributed by atoms with van der Waals surface area (Å²) in [6.45, 7) is 1.80. The maximum Gasteiger partial charge on any atom is 0.335 e. The highest BCUT2D eigenvalue weighted by molar-refractivity contribution is 9.11. The van der Waals surface area contributed by atoms with Crippen LogP contribution in [0.25, 0.3) is 6.08 Å². The van der Waals surface area contributed by atoms with Crippen molar-refractivity contribution in [2.45, 2.75) is 13.5 Å². The molecule has 0 spiro atoms. The molecule has 0 aromatic heterocycles. The lowest BCUT2D eigenvalue weighted by Gasteiger charge is -2.27. The number of hydrogen-bond donors (Lipinski definition) is 2. The fourth-order valence-corrected chi connectivity index (χ4v) is 5.13. The lowest BCUT2D eigenvalue weighted by molar-refractivity contribution is -0.122. The smallest absolute Gasteiger partial charge is 0.335 e. The summed E-state index contributed by atoms with van der Waals surface area (Å²) in [5, 5.41) is 11.6. The van der Waals surface area contributed by atoms with Crippen LogP contribution in [-0.2, 0) is 16.2 Å². The third-order valence-corrected chi connectivity index (χ3v) is 6.72. The summed E-state index contributed by atoms with van der Waals surface area (Å²) in [5.41, 5.74) is 1.83. The molecule has 0 radical (unpaired) electrons. The number of aryl methyl sites for hydroxylation is 1. The molecule has 3 aromatic carbocycles. The molecule has 3 aromatic rings. The highest BCUT2D eigenvalue weighted by atomic mass is 79.9. The second-order valence-electron chi connectivity index (χ2n) is 7.99. The maximum absolute atomic E-state index is 13.4. The molecule has 1 fully saturated rings. The van der Waals surface area contributed by atoms with E-state index < -0.39 is 23.8 Å². The van der Waals surface area contributed by atoms with Crippen molar-refractivity contribution in [3.05, 3.63) is 96.4 Å². The average molecular weight is 649 g/mol. The van der Waals surface area contributed by atoms with Gasteiger partial charge < -0.3 is 9.84 Å². The molecule has 8 nitrogen and oxygen atoms in total. The van der Waals surface area contributed by atoms with Crippen LogP contribution in [0.1, 0.15) is 27.0 Å². The van der Waals surface area contributed by atoms with Gasteiger partial charge in [0.15, 0.2) is 0 Å². The van der Waals surface area contributed by atoms with Gasteiger partial charge in [0, 0.05) is 15.1 Å². The summed E-state index contributed by atoms with van der Waals surface area (Å²) >= 11 is 12.9. The molecule has 1 aliphatic heterocycles. The molecule has 0 bridgehead atoms. The summed E-state index contributed by atoms with van der Waals surface area (Å²) in [6, 6.07) is 13.5. The normalized spacial score (nSPS) is 14.6.